The van der Waals surface area contributed by atoms with E-state index in [9.17, 15) is 9.59 Å². The standard InChI is InChI=1S/C17H28O4/c1-11-6-8-15(13(3)17(19)21-5)16(10-20-4)14(11)9-7-12(2)18/h10-11,13-15H,6-9H2,1-5H3/b16-10+/t11-,13?,14+,15+/m1/s1. The lowest BCUT2D eigenvalue weighted by Crippen LogP contribution is -2.33. The molecular formula is C17H28O4. The van der Waals surface area contributed by atoms with Gasteiger partial charge in [0, 0.05) is 6.42 Å². The van der Waals surface area contributed by atoms with Gasteiger partial charge in [0.15, 0.2) is 0 Å². The second kappa shape index (κ2) is 8.20. The van der Waals surface area contributed by atoms with Gasteiger partial charge in [0.1, 0.15) is 5.78 Å². The highest BCUT2D eigenvalue weighted by atomic mass is 16.5. The van der Waals surface area contributed by atoms with E-state index in [-0.39, 0.29) is 23.6 Å². The summed E-state index contributed by atoms with van der Waals surface area (Å²) < 4.78 is 10.2. The van der Waals surface area contributed by atoms with Crippen molar-refractivity contribution >= 4 is 11.8 Å². The lowest BCUT2D eigenvalue weighted by molar-refractivity contribution is -0.146. The van der Waals surface area contributed by atoms with Crippen molar-refractivity contribution in [3.8, 4) is 0 Å². The molecule has 0 heterocycles. The molecule has 0 aromatic carbocycles. The van der Waals surface area contributed by atoms with Crippen LogP contribution in [0.5, 0.6) is 0 Å². The minimum atomic E-state index is -0.179. The van der Waals surface area contributed by atoms with Crippen molar-refractivity contribution in [1.29, 1.82) is 0 Å². The molecule has 0 aliphatic heterocycles. The molecule has 0 amide bonds. The van der Waals surface area contributed by atoms with E-state index >= 15 is 0 Å². The van der Waals surface area contributed by atoms with Gasteiger partial charge in [-0.25, -0.2) is 0 Å². The number of carbonyl (C=O) groups is 2. The predicted molar refractivity (Wildman–Crippen MR) is 81.6 cm³/mol. The molecule has 0 aromatic heterocycles. The smallest absolute Gasteiger partial charge is 0.308 e. The Morgan fingerprint density at radius 1 is 1.33 bits per heavy atom. The SMILES string of the molecule is CO/C=C1/[C@H](C(C)C(=O)OC)CC[C@@H](C)[C@@H]1CCC(C)=O. The Morgan fingerprint density at radius 2 is 2.00 bits per heavy atom. The summed E-state index contributed by atoms with van der Waals surface area (Å²) in [5, 5.41) is 0. The Balaban J connectivity index is 2.96. The molecule has 1 rings (SSSR count). The summed E-state index contributed by atoms with van der Waals surface area (Å²) in [6.07, 6.45) is 5.22. The monoisotopic (exact) mass is 296 g/mol. The molecule has 0 radical (unpaired) electrons. The van der Waals surface area contributed by atoms with Crippen LogP contribution in [-0.4, -0.2) is 26.0 Å². The number of rotatable bonds is 6. The summed E-state index contributed by atoms with van der Waals surface area (Å²) in [5.41, 5.74) is 1.16. The highest BCUT2D eigenvalue weighted by Gasteiger charge is 2.38. The Morgan fingerprint density at radius 3 is 2.52 bits per heavy atom. The van der Waals surface area contributed by atoms with Gasteiger partial charge in [0.05, 0.1) is 26.4 Å². The zero-order valence-corrected chi connectivity index (χ0v) is 13.8. The second-order valence-corrected chi connectivity index (χ2v) is 6.17. The summed E-state index contributed by atoms with van der Waals surface area (Å²) >= 11 is 0. The van der Waals surface area contributed by atoms with Gasteiger partial charge in [0.25, 0.3) is 0 Å². The molecule has 1 unspecified atom stereocenters. The molecule has 0 N–H and O–H groups in total. The van der Waals surface area contributed by atoms with Gasteiger partial charge in [-0.1, -0.05) is 13.8 Å². The van der Waals surface area contributed by atoms with Gasteiger partial charge in [-0.15, -0.1) is 0 Å². The quantitative estimate of drug-likeness (QED) is 0.557. The van der Waals surface area contributed by atoms with Gasteiger partial charge in [-0.2, -0.15) is 0 Å². The summed E-state index contributed by atoms with van der Waals surface area (Å²) in [6, 6.07) is 0. The molecule has 0 saturated heterocycles. The Labute approximate surface area is 127 Å². The molecule has 120 valence electrons. The number of esters is 1. The van der Waals surface area contributed by atoms with Gasteiger partial charge < -0.3 is 14.3 Å². The van der Waals surface area contributed by atoms with Crippen LogP contribution in [0.2, 0.25) is 0 Å². The fourth-order valence-electron chi connectivity index (χ4n) is 3.42. The van der Waals surface area contributed by atoms with Crippen LogP contribution in [0, 0.1) is 23.7 Å². The average molecular weight is 296 g/mol. The fraction of sp³-hybridized carbons (Fsp3) is 0.765. The summed E-state index contributed by atoms with van der Waals surface area (Å²) in [4.78, 5) is 23.2. The highest BCUT2D eigenvalue weighted by molar-refractivity contribution is 5.75. The maximum atomic E-state index is 11.9. The zero-order chi connectivity index (χ0) is 16.0. The van der Waals surface area contributed by atoms with Gasteiger partial charge >= 0.3 is 5.97 Å². The van der Waals surface area contributed by atoms with Crippen LogP contribution in [-0.2, 0) is 19.1 Å². The van der Waals surface area contributed by atoms with Crippen molar-refractivity contribution in [3.63, 3.8) is 0 Å². The number of ketones is 1. The zero-order valence-electron chi connectivity index (χ0n) is 13.8. The molecule has 0 aromatic rings. The molecule has 0 spiro atoms. The third kappa shape index (κ3) is 4.58. The molecule has 21 heavy (non-hydrogen) atoms. The third-order valence-electron chi connectivity index (χ3n) is 4.71. The number of carbonyl (C=O) groups excluding carboxylic acids is 2. The molecule has 0 bridgehead atoms. The molecule has 1 saturated carbocycles. The van der Waals surface area contributed by atoms with Crippen molar-refractivity contribution in [3.05, 3.63) is 11.8 Å². The molecule has 1 aliphatic carbocycles. The third-order valence-corrected chi connectivity index (χ3v) is 4.71. The van der Waals surface area contributed by atoms with E-state index in [1.54, 1.807) is 20.3 Å². The number of hydrogen-bond acceptors (Lipinski definition) is 4. The van der Waals surface area contributed by atoms with Crippen molar-refractivity contribution < 1.29 is 19.1 Å². The van der Waals surface area contributed by atoms with Crippen LogP contribution >= 0.6 is 0 Å². The van der Waals surface area contributed by atoms with E-state index in [1.165, 1.54) is 7.11 Å². The Kier molecular flexibility index (Phi) is 6.93. The maximum Gasteiger partial charge on any atom is 0.308 e. The van der Waals surface area contributed by atoms with E-state index in [2.05, 4.69) is 6.92 Å². The number of Topliss-reactive ketones (excluding diaryl/α,β-unsaturated/α-hetero) is 1. The summed E-state index contributed by atoms with van der Waals surface area (Å²) in [5.74, 6) is 0.810. The first-order valence-corrected chi connectivity index (χ1v) is 7.72. The first-order valence-electron chi connectivity index (χ1n) is 7.72. The summed E-state index contributed by atoms with van der Waals surface area (Å²) in [6.45, 7) is 5.76. The fourth-order valence-corrected chi connectivity index (χ4v) is 3.42. The largest absolute Gasteiger partial charge is 0.504 e. The van der Waals surface area contributed by atoms with E-state index in [0.717, 1.165) is 24.8 Å². The number of ether oxygens (including phenoxy) is 2. The first-order chi connectivity index (χ1) is 9.92. The lowest BCUT2D eigenvalue weighted by atomic mass is 9.66. The average Bonchev–Trinajstić information content (AvgIpc) is 2.45. The lowest BCUT2D eigenvalue weighted by Gasteiger charge is -2.39. The van der Waals surface area contributed by atoms with Crippen LogP contribution in [0.25, 0.3) is 0 Å². The van der Waals surface area contributed by atoms with Gasteiger partial charge in [0.2, 0.25) is 0 Å². The minimum Gasteiger partial charge on any atom is -0.504 e. The van der Waals surface area contributed by atoms with Crippen LogP contribution in [0.3, 0.4) is 0 Å². The van der Waals surface area contributed by atoms with Crippen LogP contribution in [0.15, 0.2) is 11.8 Å². The molecule has 1 aliphatic rings. The topological polar surface area (TPSA) is 52.6 Å². The normalized spacial score (nSPS) is 29.0. The van der Waals surface area contributed by atoms with Crippen LogP contribution in [0.4, 0.5) is 0 Å². The van der Waals surface area contributed by atoms with Crippen molar-refractivity contribution in [2.75, 3.05) is 14.2 Å². The van der Waals surface area contributed by atoms with Crippen LogP contribution in [0.1, 0.15) is 46.5 Å². The molecule has 1 fully saturated rings. The van der Waals surface area contributed by atoms with Crippen molar-refractivity contribution in [1.82, 2.24) is 0 Å². The predicted octanol–water partition coefficient (Wildman–Crippen LogP) is 3.36. The van der Waals surface area contributed by atoms with E-state index in [0.29, 0.717) is 18.3 Å². The van der Waals surface area contributed by atoms with Gasteiger partial charge in [-0.05, 0) is 49.5 Å². The Hall–Kier alpha value is -1.32. The number of hydrogen-bond donors (Lipinski definition) is 0. The summed E-state index contributed by atoms with van der Waals surface area (Å²) in [7, 11) is 3.06. The first kappa shape index (κ1) is 17.7. The second-order valence-electron chi connectivity index (χ2n) is 6.17. The van der Waals surface area contributed by atoms with E-state index in [4.69, 9.17) is 9.47 Å². The van der Waals surface area contributed by atoms with Gasteiger partial charge in [-0.3, -0.25) is 4.79 Å². The maximum absolute atomic E-state index is 11.9. The number of allylic oxidation sites excluding steroid dienone is 1. The Bertz CT molecular complexity index is 400. The van der Waals surface area contributed by atoms with Crippen molar-refractivity contribution in [2.45, 2.75) is 46.5 Å². The molecule has 4 heteroatoms. The van der Waals surface area contributed by atoms with E-state index < -0.39 is 0 Å². The van der Waals surface area contributed by atoms with Crippen molar-refractivity contribution in [2.24, 2.45) is 23.7 Å². The minimum absolute atomic E-state index is 0.144. The molecular weight excluding hydrogens is 268 g/mol. The number of methoxy groups -OCH3 is 2. The molecule has 4 atom stereocenters. The molecule has 4 nitrogen and oxygen atoms in total. The van der Waals surface area contributed by atoms with Crippen LogP contribution < -0.4 is 0 Å². The highest BCUT2D eigenvalue weighted by Crippen LogP contribution is 2.44. The van der Waals surface area contributed by atoms with E-state index in [1.807, 2.05) is 6.92 Å².